The molecular formula is C18H15N5O3. The van der Waals surface area contributed by atoms with Gasteiger partial charge in [-0.1, -0.05) is 17.2 Å². The van der Waals surface area contributed by atoms with Crippen LogP contribution in [-0.2, 0) is 0 Å². The Bertz CT molecular complexity index is 1080. The highest BCUT2D eigenvalue weighted by Gasteiger charge is 2.31. The van der Waals surface area contributed by atoms with Crippen molar-refractivity contribution in [2.45, 2.75) is 19.6 Å². The molecule has 0 unspecified atom stereocenters. The van der Waals surface area contributed by atoms with Gasteiger partial charge >= 0.3 is 6.01 Å². The fraction of sp³-hybridized carbons (Fsp3) is 0.167. The second kappa shape index (κ2) is 5.22. The minimum absolute atomic E-state index is 0.263. The Labute approximate surface area is 148 Å². The SMILES string of the molecule is CC1(C)Oc2ccc(Nc3nnc(-c4nc5ccccc5[nH]4)o3)cc2O1. The van der Waals surface area contributed by atoms with Gasteiger partial charge in [-0.15, -0.1) is 5.10 Å². The van der Waals surface area contributed by atoms with E-state index in [0.29, 0.717) is 23.2 Å². The Morgan fingerprint density at radius 3 is 2.73 bits per heavy atom. The van der Waals surface area contributed by atoms with Gasteiger partial charge in [0.1, 0.15) is 0 Å². The number of fused-ring (bicyclic) bond motifs is 2. The normalized spacial score (nSPS) is 14.7. The quantitative estimate of drug-likeness (QED) is 0.579. The van der Waals surface area contributed by atoms with Crippen molar-refractivity contribution in [3.8, 4) is 23.2 Å². The van der Waals surface area contributed by atoms with Gasteiger partial charge in [-0.3, -0.25) is 0 Å². The molecule has 0 saturated carbocycles. The van der Waals surface area contributed by atoms with Crippen molar-refractivity contribution >= 4 is 22.7 Å². The summed E-state index contributed by atoms with van der Waals surface area (Å²) in [7, 11) is 0. The predicted molar refractivity (Wildman–Crippen MR) is 94.4 cm³/mol. The number of benzene rings is 2. The van der Waals surface area contributed by atoms with E-state index in [-0.39, 0.29) is 6.01 Å². The lowest BCUT2D eigenvalue weighted by Gasteiger charge is -2.16. The molecule has 26 heavy (non-hydrogen) atoms. The molecule has 2 N–H and O–H groups in total. The van der Waals surface area contributed by atoms with Crippen LogP contribution in [0, 0.1) is 0 Å². The number of aromatic amines is 1. The topological polar surface area (TPSA) is 98.1 Å². The molecule has 1 aliphatic rings. The fourth-order valence-corrected chi connectivity index (χ4v) is 2.85. The molecule has 0 bridgehead atoms. The molecule has 0 radical (unpaired) electrons. The van der Waals surface area contributed by atoms with Crippen LogP contribution in [-0.4, -0.2) is 26.0 Å². The maximum absolute atomic E-state index is 5.74. The van der Waals surface area contributed by atoms with Gasteiger partial charge in [0.15, 0.2) is 17.3 Å². The van der Waals surface area contributed by atoms with Crippen LogP contribution < -0.4 is 14.8 Å². The molecule has 0 spiro atoms. The van der Waals surface area contributed by atoms with Crippen LogP contribution in [0.2, 0.25) is 0 Å². The van der Waals surface area contributed by atoms with E-state index in [1.807, 2.05) is 56.3 Å². The van der Waals surface area contributed by atoms with E-state index >= 15 is 0 Å². The maximum Gasteiger partial charge on any atom is 0.320 e. The van der Waals surface area contributed by atoms with Gasteiger partial charge in [-0.2, -0.15) is 0 Å². The second-order valence-electron chi connectivity index (χ2n) is 6.41. The minimum Gasteiger partial charge on any atom is -0.449 e. The summed E-state index contributed by atoms with van der Waals surface area (Å²) in [6.45, 7) is 3.72. The number of anilines is 2. The van der Waals surface area contributed by atoms with E-state index in [2.05, 4.69) is 25.5 Å². The highest BCUT2D eigenvalue weighted by Crippen LogP contribution is 2.41. The summed E-state index contributed by atoms with van der Waals surface area (Å²) < 4.78 is 17.1. The number of ether oxygens (including phenoxy) is 2. The van der Waals surface area contributed by atoms with Gasteiger partial charge in [0, 0.05) is 25.6 Å². The van der Waals surface area contributed by atoms with Gasteiger partial charge < -0.3 is 24.2 Å². The first kappa shape index (κ1) is 14.8. The molecule has 4 aromatic rings. The van der Waals surface area contributed by atoms with Crippen LogP contribution in [0.15, 0.2) is 46.9 Å². The summed E-state index contributed by atoms with van der Waals surface area (Å²) in [5, 5.41) is 11.1. The highest BCUT2D eigenvalue weighted by atomic mass is 16.7. The average Bonchev–Trinajstić information content (AvgIpc) is 3.29. The lowest BCUT2D eigenvalue weighted by molar-refractivity contribution is -0.0431. The van der Waals surface area contributed by atoms with Crippen molar-refractivity contribution < 1.29 is 13.9 Å². The van der Waals surface area contributed by atoms with Crippen molar-refractivity contribution in [3.05, 3.63) is 42.5 Å². The zero-order chi connectivity index (χ0) is 17.7. The molecule has 0 amide bonds. The molecule has 8 heteroatoms. The largest absolute Gasteiger partial charge is 0.449 e. The smallest absolute Gasteiger partial charge is 0.320 e. The summed E-state index contributed by atoms with van der Waals surface area (Å²) in [6.07, 6.45) is 0. The number of hydrogen-bond acceptors (Lipinski definition) is 7. The maximum atomic E-state index is 5.74. The first-order chi connectivity index (χ1) is 12.6. The molecular weight excluding hydrogens is 334 g/mol. The van der Waals surface area contributed by atoms with E-state index in [1.165, 1.54) is 0 Å². The third kappa shape index (κ3) is 2.52. The minimum atomic E-state index is -0.667. The van der Waals surface area contributed by atoms with Gasteiger partial charge in [0.05, 0.1) is 11.0 Å². The molecule has 3 heterocycles. The van der Waals surface area contributed by atoms with E-state index in [1.54, 1.807) is 0 Å². The molecule has 0 aliphatic carbocycles. The van der Waals surface area contributed by atoms with Gasteiger partial charge in [-0.05, 0) is 24.3 Å². The fourth-order valence-electron chi connectivity index (χ4n) is 2.85. The zero-order valence-electron chi connectivity index (χ0n) is 14.1. The summed E-state index contributed by atoms with van der Waals surface area (Å²) in [6, 6.07) is 13.5. The van der Waals surface area contributed by atoms with E-state index < -0.39 is 5.79 Å². The molecule has 0 atom stereocenters. The summed E-state index contributed by atoms with van der Waals surface area (Å²) in [5.41, 5.74) is 2.51. The number of hydrogen-bond donors (Lipinski definition) is 2. The molecule has 0 saturated heterocycles. The number of H-pyrrole nitrogens is 1. The van der Waals surface area contributed by atoms with Crippen molar-refractivity contribution in [2.75, 3.05) is 5.32 Å². The van der Waals surface area contributed by atoms with Gasteiger partial charge in [0.25, 0.3) is 5.89 Å². The number of aromatic nitrogens is 4. The van der Waals surface area contributed by atoms with Crippen LogP contribution in [0.4, 0.5) is 11.7 Å². The lowest BCUT2D eigenvalue weighted by Crippen LogP contribution is -2.29. The predicted octanol–water partition coefficient (Wildman–Crippen LogP) is 3.86. The van der Waals surface area contributed by atoms with Crippen LogP contribution in [0.3, 0.4) is 0 Å². The van der Waals surface area contributed by atoms with Gasteiger partial charge in [0.2, 0.25) is 5.79 Å². The summed E-state index contributed by atoms with van der Waals surface area (Å²) >= 11 is 0. The number of imidazole rings is 1. The molecule has 2 aromatic carbocycles. The monoisotopic (exact) mass is 349 g/mol. The van der Waals surface area contributed by atoms with Crippen molar-refractivity contribution in [1.29, 1.82) is 0 Å². The van der Waals surface area contributed by atoms with Gasteiger partial charge in [-0.25, -0.2) is 4.98 Å². The van der Waals surface area contributed by atoms with E-state index in [9.17, 15) is 0 Å². The Morgan fingerprint density at radius 1 is 1.00 bits per heavy atom. The summed E-state index contributed by atoms with van der Waals surface area (Å²) in [5.74, 6) is 1.54. The first-order valence-electron chi connectivity index (χ1n) is 8.13. The second-order valence-corrected chi connectivity index (χ2v) is 6.41. The van der Waals surface area contributed by atoms with Crippen LogP contribution in [0.5, 0.6) is 11.5 Å². The average molecular weight is 349 g/mol. The van der Waals surface area contributed by atoms with Crippen molar-refractivity contribution in [2.24, 2.45) is 0 Å². The van der Waals surface area contributed by atoms with E-state index in [0.717, 1.165) is 16.7 Å². The Kier molecular flexibility index (Phi) is 2.96. The zero-order valence-corrected chi connectivity index (χ0v) is 14.1. The molecule has 5 rings (SSSR count). The van der Waals surface area contributed by atoms with Crippen LogP contribution >= 0.6 is 0 Å². The third-order valence-corrected chi connectivity index (χ3v) is 3.92. The molecule has 1 aliphatic heterocycles. The molecule has 0 fully saturated rings. The number of nitrogens with one attached hydrogen (secondary N) is 2. The Balaban J connectivity index is 1.39. The summed E-state index contributed by atoms with van der Waals surface area (Å²) in [4.78, 5) is 7.61. The molecule has 130 valence electrons. The van der Waals surface area contributed by atoms with Crippen molar-refractivity contribution in [3.63, 3.8) is 0 Å². The first-order valence-corrected chi connectivity index (χ1v) is 8.13. The molecule has 2 aromatic heterocycles. The third-order valence-electron chi connectivity index (χ3n) is 3.92. The van der Waals surface area contributed by atoms with Crippen LogP contribution in [0.1, 0.15) is 13.8 Å². The van der Waals surface area contributed by atoms with E-state index in [4.69, 9.17) is 13.9 Å². The van der Waals surface area contributed by atoms with Crippen molar-refractivity contribution in [1.82, 2.24) is 20.2 Å². The Morgan fingerprint density at radius 2 is 1.85 bits per heavy atom. The van der Waals surface area contributed by atoms with Crippen LogP contribution in [0.25, 0.3) is 22.7 Å². The lowest BCUT2D eigenvalue weighted by atomic mass is 10.3. The number of nitrogens with zero attached hydrogens (tertiary/aromatic N) is 3. The number of para-hydroxylation sites is 2. The molecule has 8 nitrogen and oxygen atoms in total. The number of rotatable bonds is 3. The standard InChI is InChI=1S/C18H15N5O3/c1-18(2)25-13-8-7-10(9-14(13)26-18)19-17-23-22-16(24-17)15-20-11-5-3-4-6-12(11)21-15/h3-9H,1-2H3,(H,19,23)(H,20,21). The Hall–Kier alpha value is -3.55. The highest BCUT2D eigenvalue weighted by molar-refractivity contribution is 5.77.